The summed E-state index contributed by atoms with van der Waals surface area (Å²) in [7, 11) is -3.78. The minimum absolute atomic E-state index is 0.0222. The Labute approximate surface area is 153 Å². The van der Waals surface area contributed by atoms with Gasteiger partial charge in [-0.15, -0.1) is 6.58 Å². The van der Waals surface area contributed by atoms with Gasteiger partial charge in [0.25, 0.3) is 0 Å². The van der Waals surface area contributed by atoms with Crippen molar-refractivity contribution in [3.8, 4) is 0 Å². The van der Waals surface area contributed by atoms with E-state index in [2.05, 4.69) is 6.58 Å². The summed E-state index contributed by atoms with van der Waals surface area (Å²) in [5.41, 5.74) is 1.06. The molecule has 1 heterocycles. The van der Waals surface area contributed by atoms with Crippen LogP contribution >= 0.6 is 0 Å². The van der Waals surface area contributed by atoms with Gasteiger partial charge in [0.05, 0.1) is 24.0 Å². The van der Waals surface area contributed by atoms with E-state index in [-0.39, 0.29) is 30.3 Å². The molecule has 0 saturated carbocycles. The number of carbonyl (C=O) groups excluding carboxylic acids is 1. The molecule has 4 nitrogen and oxygen atoms in total. The van der Waals surface area contributed by atoms with Gasteiger partial charge in [-0.25, -0.2) is 8.42 Å². The number of rotatable bonds is 4. The van der Waals surface area contributed by atoms with Crippen molar-refractivity contribution in [1.29, 1.82) is 0 Å². The largest absolute Gasteiger partial charge is 0.380 e. The van der Waals surface area contributed by atoms with E-state index in [9.17, 15) is 13.2 Å². The Morgan fingerprint density at radius 2 is 1.77 bits per heavy atom. The van der Waals surface area contributed by atoms with Gasteiger partial charge in [0.1, 0.15) is 4.75 Å². The first-order valence-corrected chi connectivity index (χ1v) is 10.1. The van der Waals surface area contributed by atoms with Crippen molar-refractivity contribution in [2.75, 3.05) is 13.2 Å². The average Bonchev–Trinajstić information content (AvgIpc) is 3.16. The molecule has 0 radical (unpaired) electrons. The topological polar surface area (TPSA) is 60.4 Å². The molecule has 0 unspecified atom stereocenters. The van der Waals surface area contributed by atoms with E-state index in [0.717, 1.165) is 0 Å². The van der Waals surface area contributed by atoms with Crippen molar-refractivity contribution in [3.05, 3.63) is 78.4 Å². The molecular formula is C21H20O4S. The number of Topliss-reactive ketones (excluding diaryl/α,β-unsaturated/α-hetero) is 1. The average molecular weight is 368 g/mol. The Hall–Kier alpha value is -2.24. The van der Waals surface area contributed by atoms with Crippen LogP contribution in [0.5, 0.6) is 0 Å². The Kier molecular flexibility index (Phi) is 4.09. The fourth-order valence-corrected chi connectivity index (χ4v) is 6.85. The Morgan fingerprint density at radius 1 is 1.08 bits per heavy atom. The molecule has 4 rings (SSSR count). The first-order chi connectivity index (χ1) is 12.5. The number of carbonyl (C=O) groups is 1. The maximum Gasteiger partial charge on any atom is 0.188 e. The van der Waals surface area contributed by atoms with Gasteiger partial charge in [0, 0.05) is 11.5 Å². The van der Waals surface area contributed by atoms with Crippen LogP contribution in [-0.4, -0.2) is 27.4 Å². The highest BCUT2D eigenvalue weighted by Crippen LogP contribution is 2.54. The van der Waals surface area contributed by atoms with E-state index >= 15 is 0 Å². The molecule has 3 atom stereocenters. The zero-order valence-corrected chi connectivity index (χ0v) is 15.1. The summed E-state index contributed by atoms with van der Waals surface area (Å²) in [5.74, 6) is -0.887. The van der Waals surface area contributed by atoms with Crippen molar-refractivity contribution in [3.63, 3.8) is 0 Å². The first-order valence-electron chi connectivity index (χ1n) is 8.66. The number of fused-ring (bicyclic) bond motifs is 2. The van der Waals surface area contributed by atoms with Crippen molar-refractivity contribution in [2.24, 2.45) is 11.8 Å². The van der Waals surface area contributed by atoms with Crippen molar-refractivity contribution in [1.82, 2.24) is 0 Å². The van der Waals surface area contributed by atoms with Gasteiger partial charge >= 0.3 is 0 Å². The van der Waals surface area contributed by atoms with Gasteiger partial charge in [0.15, 0.2) is 15.6 Å². The lowest BCUT2D eigenvalue weighted by atomic mass is 9.68. The maximum atomic E-state index is 13.9. The van der Waals surface area contributed by atoms with E-state index in [4.69, 9.17) is 4.74 Å². The maximum absolute atomic E-state index is 13.9. The second-order valence-electron chi connectivity index (χ2n) is 6.86. The lowest BCUT2D eigenvalue weighted by Gasteiger charge is -2.44. The summed E-state index contributed by atoms with van der Waals surface area (Å²) in [4.78, 5) is 13.2. The van der Waals surface area contributed by atoms with Crippen LogP contribution in [0.4, 0.5) is 0 Å². The van der Waals surface area contributed by atoms with E-state index < -0.39 is 26.4 Å². The van der Waals surface area contributed by atoms with Crippen LogP contribution < -0.4 is 0 Å². The molecule has 0 N–H and O–H groups in total. The quantitative estimate of drug-likeness (QED) is 0.776. The number of benzene rings is 2. The van der Waals surface area contributed by atoms with Crippen molar-refractivity contribution in [2.45, 2.75) is 16.1 Å². The normalized spacial score (nSPS) is 27.6. The van der Waals surface area contributed by atoms with Crippen LogP contribution in [0.25, 0.3) is 0 Å². The number of hydrogen-bond acceptors (Lipinski definition) is 4. The highest BCUT2D eigenvalue weighted by Gasteiger charge is 2.60. The minimum Gasteiger partial charge on any atom is -0.380 e. The minimum atomic E-state index is -3.78. The molecule has 26 heavy (non-hydrogen) atoms. The van der Waals surface area contributed by atoms with Crippen LogP contribution in [-0.2, 0) is 19.3 Å². The number of ether oxygens (including phenoxy) is 1. The van der Waals surface area contributed by atoms with Gasteiger partial charge in [-0.3, -0.25) is 4.79 Å². The lowest BCUT2D eigenvalue weighted by Crippen LogP contribution is -2.51. The third kappa shape index (κ3) is 2.17. The molecule has 1 saturated heterocycles. The summed E-state index contributed by atoms with van der Waals surface area (Å²) in [6, 6.07) is 15.5. The summed E-state index contributed by atoms with van der Waals surface area (Å²) in [6.45, 7) is 4.34. The number of ketones is 1. The zero-order chi connectivity index (χ0) is 18.4. The van der Waals surface area contributed by atoms with Crippen LogP contribution in [0, 0.1) is 11.8 Å². The van der Waals surface area contributed by atoms with Crippen LogP contribution in [0.3, 0.4) is 0 Å². The molecule has 2 aliphatic rings. The predicted octanol–water partition coefficient (Wildman–Crippen LogP) is 3.39. The molecular weight excluding hydrogens is 348 g/mol. The van der Waals surface area contributed by atoms with E-state index in [1.165, 1.54) is 0 Å². The second kappa shape index (κ2) is 6.18. The summed E-state index contributed by atoms with van der Waals surface area (Å²) in [6.07, 6.45) is 1.88. The molecule has 2 aromatic carbocycles. The number of hydrogen-bond donors (Lipinski definition) is 0. The van der Waals surface area contributed by atoms with Crippen molar-refractivity contribution >= 4 is 15.6 Å². The highest BCUT2D eigenvalue weighted by molar-refractivity contribution is 7.92. The summed E-state index contributed by atoms with van der Waals surface area (Å²) >= 11 is 0. The van der Waals surface area contributed by atoms with E-state index in [1.807, 2.05) is 0 Å². The molecule has 5 heteroatoms. The van der Waals surface area contributed by atoms with Crippen LogP contribution in [0.15, 0.2) is 72.1 Å². The SMILES string of the molecule is C=CC[C@@]1(S(=O)(=O)c2ccccc2)c2ccccc2C(=O)[C@H]2COC[C@H]21. The third-order valence-corrected chi connectivity index (χ3v) is 8.19. The first kappa shape index (κ1) is 17.2. The molecule has 1 aliphatic carbocycles. The van der Waals surface area contributed by atoms with Crippen molar-refractivity contribution < 1.29 is 17.9 Å². The second-order valence-corrected chi connectivity index (χ2v) is 9.07. The Balaban J connectivity index is 2.07. The highest BCUT2D eigenvalue weighted by atomic mass is 32.2. The number of allylic oxidation sites excluding steroid dienone is 1. The summed E-state index contributed by atoms with van der Waals surface area (Å²) < 4.78 is 32.2. The van der Waals surface area contributed by atoms with Crippen LogP contribution in [0.1, 0.15) is 22.3 Å². The zero-order valence-electron chi connectivity index (χ0n) is 14.3. The van der Waals surface area contributed by atoms with Crippen LogP contribution in [0.2, 0.25) is 0 Å². The summed E-state index contributed by atoms with van der Waals surface area (Å²) in [5, 5.41) is 0. The molecule has 2 aromatic rings. The number of sulfone groups is 1. The Morgan fingerprint density at radius 3 is 2.50 bits per heavy atom. The monoisotopic (exact) mass is 368 g/mol. The predicted molar refractivity (Wildman–Crippen MR) is 98.7 cm³/mol. The molecule has 1 fully saturated rings. The molecule has 1 aliphatic heterocycles. The van der Waals surface area contributed by atoms with Gasteiger partial charge < -0.3 is 4.74 Å². The third-order valence-electron chi connectivity index (χ3n) is 5.65. The molecule has 134 valence electrons. The molecule has 0 amide bonds. The smallest absolute Gasteiger partial charge is 0.188 e. The molecule has 0 spiro atoms. The fourth-order valence-electron chi connectivity index (χ4n) is 4.48. The van der Waals surface area contributed by atoms with Gasteiger partial charge in [-0.2, -0.15) is 0 Å². The standard InChI is InChI=1S/C21H20O4S/c1-2-12-21(26(23,24)15-8-4-3-5-9-15)18-11-7-6-10-16(18)20(22)17-13-25-14-19(17)21/h2-11,17,19H,1,12-14H2/t17-,19+,21+/m0/s1. The van der Waals surface area contributed by atoms with Gasteiger partial charge in [-0.1, -0.05) is 48.5 Å². The van der Waals surface area contributed by atoms with Gasteiger partial charge in [-0.05, 0) is 24.1 Å². The molecule has 0 bridgehead atoms. The van der Waals surface area contributed by atoms with Gasteiger partial charge in [0.2, 0.25) is 0 Å². The molecule has 0 aromatic heterocycles. The van der Waals surface area contributed by atoms with E-state index in [0.29, 0.717) is 11.1 Å². The Bertz CT molecular complexity index is 965. The van der Waals surface area contributed by atoms with E-state index in [1.54, 1.807) is 60.7 Å². The lowest BCUT2D eigenvalue weighted by molar-refractivity contribution is 0.0850. The fraction of sp³-hybridized carbons (Fsp3) is 0.286.